The van der Waals surface area contributed by atoms with E-state index in [0.717, 1.165) is 11.1 Å². The van der Waals surface area contributed by atoms with Crippen molar-refractivity contribution in [3.63, 3.8) is 0 Å². The first-order valence-electron chi connectivity index (χ1n) is 7.05. The standard InChI is InChI=1S/C18H18ClNO3/c1-22-16-4-3-5-17(23-2)15(16)10-11-18(21)20-12-13-6-8-14(19)9-7-13/h3-11H,12H2,1-2H3,(H,20,21). The van der Waals surface area contributed by atoms with E-state index in [0.29, 0.717) is 23.1 Å². The molecule has 4 nitrogen and oxygen atoms in total. The van der Waals surface area contributed by atoms with Crippen LogP contribution in [0.3, 0.4) is 0 Å². The number of hydrogen-bond acceptors (Lipinski definition) is 3. The van der Waals surface area contributed by atoms with Gasteiger partial charge in [0.2, 0.25) is 5.91 Å². The van der Waals surface area contributed by atoms with Crippen LogP contribution in [-0.2, 0) is 11.3 Å². The summed E-state index contributed by atoms with van der Waals surface area (Å²) in [5, 5.41) is 3.48. The molecule has 0 fully saturated rings. The lowest BCUT2D eigenvalue weighted by molar-refractivity contribution is -0.116. The van der Waals surface area contributed by atoms with Crippen LogP contribution in [0.2, 0.25) is 5.02 Å². The van der Waals surface area contributed by atoms with Crippen molar-refractivity contribution in [1.82, 2.24) is 5.32 Å². The fourth-order valence-corrected chi connectivity index (χ4v) is 2.18. The van der Waals surface area contributed by atoms with E-state index < -0.39 is 0 Å². The molecule has 0 unspecified atom stereocenters. The molecule has 120 valence electrons. The molecule has 23 heavy (non-hydrogen) atoms. The molecule has 0 aliphatic carbocycles. The molecule has 0 bridgehead atoms. The van der Waals surface area contributed by atoms with Gasteiger partial charge in [0.15, 0.2) is 0 Å². The number of carbonyl (C=O) groups excluding carboxylic acids is 1. The van der Waals surface area contributed by atoms with Gasteiger partial charge in [0.1, 0.15) is 11.5 Å². The van der Waals surface area contributed by atoms with E-state index in [9.17, 15) is 4.79 Å². The van der Waals surface area contributed by atoms with Crippen LogP contribution in [0.5, 0.6) is 11.5 Å². The molecule has 0 aliphatic heterocycles. The number of hydrogen-bond donors (Lipinski definition) is 1. The molecule has 0 saturated carbocycles. The average Bonchev–Trinajstić information content (AvgIpc) is 2.59. The highest BCUT2D eigenvalue weighted by Gasteiger charge is 2.07. The number of ether oxygens (including phenoxy) is 2. The van der Waals surface area contributed by atoms with Gasteiger partial charge in [-0.1, -0.05) is 29.8 Å². The van der Waals surface area contributed by atoms with Gasteiger partial charge in [0.25, 0.3) is 0 Å². The van der Waals surface area contributed by atoms with Crippen molar-refractivity contribution in [2.45, 2.75) is 6.54 Å². The first-order chi connectivity index (χ1) is 11.1. The van der Waals surface area contributed by atoms with Gasteiger partial charge in [0, 0.05) is 17.6 Å². The number of methoxy groups -OCH3 is 2. The number of halogens is 1. The Morgan fingerprint density at radius 1 is 1.09 bits per heavy atom. The lowest BCUT2D eigenvalue weighted by atomic mass is 10.1. The maximum atomic E-state index is 12.0. The minimum absolute atomic E-state index is 0.201. The summed E-state index contributed by atoms with van der Waals surface area (Å²) < 4.78 is 10.6. The van der Waals surface area contributed by atoms with Crippen molar-refractivity contribution < 1.29 is 14.3 Å². The summed E-state index contributed by atoms with van der Waals surface area (Å²) in [6.45, 7) is 0.434. The van der Waals surface area contributed by atoms with E-state index >= 15 is 0 Å². The molecule has 2 rings (SSSR count). The van der Waals surface area contributed by atoms with Gasteiger partial charge in [-0.15, -0.1) is 0 Å². The Hall–Kier alpha value is -2.46. The number of amides is 1. The molecule has 0 aromatic heterocycles. The van der Waals surface area contributed by atoms with E-state index in [1.54, 1.807) is 32.4 Å². The van der Waals surface area contributed by atoms with Gasteiger partial charge in [-0.2, -0.15) is 0 Å². The summed E-state index contributed by atoms with van der Waals surface area (Å²) in [6.07, 6.45) is 3.13. The molecule has 0 atom stereocenters. The largest absolute Gasteiger partial charge is 0.496 e. The number of benzene rings is 2. The van der Waals surface area contributed by atoms with Gasteiger partial charge < -0.3 is 14.8 Å². The zero-order valence-electron chi connectivity index (χ0n) is 13.0. The van der Waals surface area contributed by atoms with Gasteiger partial charge in [-0.05, 0) is 35.9 Å². The summed E-state index contributed by atoms with van der Waals surface area (Å²) in [4.78, 5) is 12.0. The van der Waals surface area contributed by atoms with Crippen LogP contribution in [0.1, 0.15) is 11.1 Å². The number of rotatable bonds is 6. The van der Waals surface area contributed by atoms with Crippen LogP contribution < -0.4 is 14.8 Å². The van der Waals surface area contributed by atoms with Gasteiger partial charge >= 0.3 is 0 Å². The third-order valence-electron chi connectivity index (χ3n) is 3.25. The Labute approximate surface area is 140 Å². The lowest BCUT2D eigenvalue weighted by Crippen LogP contribution is -2.20. The summed E-state index contributed by atoms with van der Waals surface area (Å²) in [5.74, 6) is 1.09. The molecule has 0 saturated heterocycles. The maximum Gasteiger partial charge on any atom is 0.244 e. The second-order valence-corrected chi connectivity index (χ2v) is 5.19. The molecule has 0 radical (unpaired) electrons. The van der Waals surface area contributed by atoms with E-state index in [-0.39, 0.29) is 5.91 Å². The van der Waals surface area contributed by atoms with E-state index in [1.807, 2.05) is 30.3 Å². The van der Waals surface area contributed by atoms with Gasteiger partial charge in [0.05, 0.1) is 19.8 Å². The van der Waals surface area contributed by atoms with Crippen molar-refractivity contribution >= 4 is 23.6 Å². The van der Waals surface area contributed by atoms with Crippen molar-refractivity contribution in [2.75, 3.05) is 14.2 Å². The Morgan fingerprint density at radius 3 is 2.26 bits per heavy atom. The van der Waals surface area contributed by atoms with Crippen molar-refractivity contribution in [2.24, 2.45) is 0 Å². The Balaban J connectivity index is 2.02. The topological polar surface area (TPSA) is 47.6 Å². The molecule has 0 spiro atoms. The van der Waals surface area contributed by atoms with Crippen molar-refractivity contribution in [3.05, 3.63) is 64.7 Å². The van der Waals surface area contributed by atoms with E-state index in [1.165, 1.54) is 6.08 Å². The highest BCUT2D eigenvalue weighted by Crippen LogP contribution is 2.29. The van der Waals surface area contributed by atoms with Crippen LogP contribution in [0.15, 0.2) is 48.5 Å². The Morgan fingerprint density at radius 2 is 1.70 bits per heavy atom. The molecule has 1 N–H and O–H groups in total. The zero-order valence-corrected chi connectivity index (χ0v) is 13.8. The Bertz CT molecular complexity index is 674. The van der Waals surface area contributed by atoms with Crippen LogP contribution in [0.4, 0.5) is 0 Å². The minimum atomic E-state index is -0.201. The fraction of sp³-hybridized carbons (Fsp3) is 0.167. The second kappa shape index (κ2) is 8.25. The first kappa shape index (κ1) is 16.9. The third-order valence-corrected chi connectivity index (χ3v) is 3.50. The monoisotopic (exact) mass is 331 g/mol. The highest BCUT2D eigenvalue weighted by atomic mass is 35.5. The van der Waals surface area contributed by atoms with Crippen LogP contribution in [0, 0.1) is 0 Å². The maximum absolute atomic E-state index is 12.0. The van der Waals surface area contributed by atoms with Crippen LogP contribution in [0.25, 0.3) is 6.08 Å². The summed E-state index contributed by atoms with van der Waals surface area (Å²) >= 11 is 5.83. The summed E-state index contributed by atoms with van der Waals surface area (Å²) in [6, 6.07) is 12.8. The molecule has 5 heteroatoms. The predicted octanol–water partition coefficient (Wildman–Crippen LogP) is 3.69. The molecule has 0 heterocycles. The highest BCUT2D eigenvalue weighted by molar-refractivity contribution is 6.30. The van der Waals surface area contributed by atoms with Gasteiger partial charge in [-0.25, -0.2) is 0 Å². The van der Waals surface area contributed by atoms with Gasteiger partial charge in [-0.3, -0.25) is 4.79 Å². The molecular formula is C18H18ClNO3. The van der Waals surface area contributed by atoms with Crippen molar-refractivity contribution in [1.29, 1.82) is 0 Å². The van der Waals surface area contributed by atoms with E-state index in [2.05, 4.69) is 5.32 Å². The smallest absolute Gasteiger partial charge is 0.244 e. The number of nitrogens with one attached hydrogen (secondary N) is 1. The molecule has 2 aromatic rings. The average molecular weight is 332 g/mol. The minimum Gasteiger partial charge on any atom is -0.496 e. The summed E-state index contributed by atoms with van der Waals surface area (Å²) in [7, 11) is 3.15. The van der Waals surface area contributed by atoms with E-state index in [4.69, 9.17) is 21.1 Å². The molecule has 0 aliphatic rings. The normalized spacial score (nSPS) is 10.6. The predicted molar refractivity (Wildman–Crippen MR) is 91.9 cm³/mol. The Kier molecular flexibility index (Phi) is 6.06. The SMILES string of the molecule is COc1cccc(OC)c1C=CC(=O)NCc1ccc(Cl)cc1. The summed E-state index contributed by atoms with van der Waals surface area (Å²) in [5.41, 5.74) is 1.70. The second-order valence-electron chi connectivity index (χ2n) is 4.75. The first-order valence-corrected chi connectivity index (χ1v) is 7.43. The molecular weight excluding hydrogens is 314 g/mol. The number of carbonyl (C=O) groups is 1. The lowest BCUT2D eigenvalue weighted by Gasteiger charge is -2.09. The van der Waals surface area contributed by atoms with Crippen molar-refractivity contribution in [3.8, 4) is 11.5 Å². The quantitative estimate of drug-likeness (QED) is 0.821. The third kappa shape index (κ3) is 4.76. The zero-order chi connectivity index (χ0) is 16.7. The van der Waals surface area contributed by atoms with Crippen LogP contribution in [-0.4, -0.2) is 20.1 Å². The van der Waals surface area contributed by atoms with Crippen LogP contribution >= 0.6 is 11.6 Å². The molecule has 1 amide bonds. The molecule has 2 aromatic carbocycles. The fourth-order valence-electron chi connectivity index (χ4n) is 2.05.